The normalized spacial score (nSPS) is 8.62. The molecular weight excluding hydrogens is 106 g/mol. The number of nitrogens with one attached hydrogen (secondary N) is 1. The maximum absolute atomic E-state index is 3.56. The lowest BCUT2D eigenvalue weighted by atomic mass is 10.7. The van der Waals surface area contributed by atoms with E-state index in [9.17, 15) is 0 Å². The van der Waals surface area contributed by atoms with Crippen LogP contribution in [0.1, 0.15) is 0 Å². The molecule has 0 radical (unpaired) electrons. The van der Waals surface area contributed by atoms with Gasteiger partial charge in [0, 0.05) is 7.05 Å². The van der Waals surface area contributed by atoms with Crippen molar-refractivity contribution in [3.8, 4) is 0 Å². The second kappa shape index (κ2) is 2.15. The molecule has 0 amide bonds. The number of hydrogen-bond acceptors (Lipinski definition) is 5. The van der Waals surface area contributed by atoms with Crippen molar-refractivity contribution in [1.82, 2.24) is 20.6 Å². The Kier molecular flexibility index (Phi) is 1.32. The van der Waals surface area contributed by atoms with E-state index in [1.807, 2.05) is 0 Å². The molecule has 5 nitrogen and oxygen atoms in total. The first-order valence-electron chi connectivity index (χ1n) is 2.12. The largest absolute Gasteiger partial charge is 0.370 e. The van der Waals surface area contributed by atoms with E-state index in [0.717, 1.165) is 0 Å². The summed E-state index contributed by atoms with van der Waals surface area (Å²) in [5.74, 6) is 0.625. The Morgan fingerprint density at radius 1 is 1.50 bits per heavy atom. The minimum Gasteiger partial charge on any atom is -0.370 e. The highest BCUT2D eigenvalue weighted by Crippen LogP contribution is 1.88. The van der Waals surface area contributed by atoms with Crippen molar-refractivity contribution in [1.29, 1.82) is 0 Å². The van der Waals surface area contributed by atoms with Crippen LogP contribution in [0.4, 0.5) is 5.82 Å². The summed E-state index contributed by atoms with van der Waals surface area (Å²) in [6, 6.07) is 0. The molecule has 0 atom stereocenters. The summed E-state index contributed by atoms with van der Waals surface area (Å²) in [4.78, 5) is 0. The Morgan fingerprint density at radius 2 is 2.38 bits per heavy atom. The van der Waals surface area contributed by atoms with E-state index in [2.05, 4.69) is 25.9 Å². The SMILES string of the molecule is CNc1cnnnn1. The molecule has 1 heterocycles. The lowest BCUT2D eigenvalue weighted by Gasteiger charge is -1.89. The van der Waals surface area contributed by atoms with E-state index < -0.39 is 0 Å². The van der Waals surface area contributed by atoms with Gasteiger partial charge in [0.05, 0.1) is 6.20 Å². The zero-order valence-electron chi connectivity index (χ0n) is 4.37. The molecule has 42 valence electrons. The smallest absolute Gasteiger partial charge is 0.170 e. The molecule has 0 fully saturated rings. The van der Waals surface area contributed by atoms with Crippen LogP contribution < -0.4 is 5.32 Å². The minimum atomic E-state index is 0.625. The molecule has 0 aliphatic carbocycles. The molecule has 1 aromatic rings. The minimum absolute atomic E-state index is 0.625. The van der Waals surface area contributed by atoms with Crippen molar-refractivity contribution in [2.24, 2.45) is 0 Å². The Bertz CT molecular complexity index is 149. The summed E-state index contributed by atoms with van der Waals surface area (Å²) in [5, 5.41) is 16.3. The molecule has 0 unspecified atom stereocenters. The molecule has 1 rings (SSSR count). The van der Waals surface area contributed by atoms with Crippen molar-refractivity contribution in [2.75, 3.05) is 12.4 Å². The predicted molar refractivity (Wildman–Crippen MR) is 27.2 cm³/mol. The second-order valence-corrected chi connectivity index (χ2v) is 1.16. The fourth-order valence-corrected chi connectivity index (χ4v) is 0.312. The van der Waals surface area contributed by atoms with Crippen molar-refractivity contribution >= 4 is 5.82 Å². The topological polar surface area (TPSA) is 63.6 Å². The number of rotatable bonds is 1. The van der Waals surface area contributed by atoms with Gasteiger partial charge < -0.3 is 5.32 Å². The fourth-order valence-electron chi connectivity index (χ4n) is 0.312. The van der Waals surface area contributed by atoms with E-state index in [1.165, 1.54) is 6.20 Å². The summed E-state index contributed by atoms with van der Waals surface area (Å²) in [6.45, 7) is 0. The van der Waals surface area contributed by atoms with E-state index in [0.29, 0.717) is 5.82 Å². The Morgan fingerprint density at radius 3 is 2.75 bits per heavy atom. The van der Waals surface area contributed by atoms with Gasteiger partial charge in [-0.15, -0.1) is 10.2 Å². The van der Waals surface area contributed by atoms with Gasteiger partial charge in [-0.3, -0.25) is 0 Å². The van der Waals surface area contributed by atoms with Gasteiger partial charge in [-0.2, -0.15) is 0 Å². The molecule has 0 bridgehead atoms. The molecule has 0 saturated heterocycles. The summed E-state index contributed by atoms with van der Waals surface area (Å²) < 4.78 is 0. The van der Waals surface area contributed by atoms with Gasteiger partial charge in [0.25, 0.3) is 0 Å². The molecule has 0 aliphatic rings. The van der Waals surface area contributed by atoms with Crippen LogP contribution in [0.2, 0.25) is 0 Å². The van der Waals surface area contributed by atoms with Crippen LogP contribution in [0.3, 0.4) is 0 Å². The molecule has 0 aromatic carbocycles. The van der Waals surface area contributed by atoms with Crippen LogP contribution in [0.15, 0.2) is 6.20 Å². The predicted octanol–water partition coefficient (Wildman–Crippen LogP) is -0.692. The zero-order chi connectivity index (χ0) is 5.82. The first-order valence-corrected chi connectivity index (χ1v) is 2.12. The molecule has 0 aliphatic heterocycles. The van der Waals surface area contributed by atoms with E-state index in [1.54, 1.807) is 7.05 Å². The van der Waals surface area contributed by atoms with E-state index >= 15 is 0 Å². The van der Waals surface area contributed by atoms with Crippen molar-refractivity contribution in [3.63, 3.8) is 0 Å². The Balaban J connectivity index is 2.83. The second-order valence-electron chi connectivity index (χ2n) is 1.16. The first kappa shape index (κ1) is 4.89. The van der Waals surface area contributed by atoms with Crippen molar-refractivity contribution in [3.05, 3.63) is 6.20 Å². The molecular formula is C3H5N5. The van der Waals surface area contributed by atoms with Gasteiger partial charge in [0.2, 0.25) is 0 Å². The van der Waals surface area contributed by atoms with Crippen molar-refractivity contribution < 1.29 is 0 Å². The third-order valence-electron chi connectivity index (χ3n) is 0.680. The van der Waals surface area contributed by atoms with Gasteiger partial charge in [-0.05, 0) is 10.4 Å². The Labute approximate surface area is 46.1 Å². The summed E-state index contributed by atoms with van der Waals surface area (Å²) in [6.07, 6.45) is 1.49. The fraction of sp³-hybridized carbons (Fsp3) is 0.333. The van der Waals surface area contributed by atoms with Crippen LogP contribution in [0.25, 0.3) is 0 Å². The third kappa shape index (κ3) is 0.868. The summed E-state index contributed by atoms with van der Waals surface area (Å²) in [5.41, 5.74) is 0. The average molecular weight is 111 g/mol. The summed E-state index contributed by atoms with van der Waals surface area (Å²) in [7, 11) is 1.74. The lowest BCUT2D eigenvalue weighted by molar-refractivity contribution is 0.766. The molecule has 8 heavy (non-hydrogen) atoms. The average Bonchev–Trinajstić information content (AvgIpc) is 1.90. The quantitative estimate of drug-likeness (QED) is 0.519. The van der Waals surface area contributed by atoms with Crippen LogP contribution in [-0.4, -0.2) is 27.7 Å². The molecule has 0 saturated carbocycles. The molecule has 5 heteroatoms. The zero-order valence-corrected chi connectivity index (χ0v) is 4.37. The van der Waals surface area contributed by atoms with Gasteiger partial charge in [0.1, 0.15) is 0 Å². The van der Waals surface area contributed by atoms with Gasteiger partial charge in [-0.25, -0.2) is 0 Å². The Hall–Kier alpha value is -1.26. The van der Waals surface area contributed by atoms with Gasteiger partial charge in [0.15, 0.2) is 5.82 Å². The maximum Gasteiger partial charge on any atom is 0.170 e. The van der Waals surface area contributed by atoms with Gasteiger partial charge >= 0.3 is 0 Å². The van der Waals surface area contributed by atoms with Crippen molar-refractivity contribution in [2.45, 2.75) is 0 Å². The van der Waals surface area contributed by atoms with Gasteiger partial charge in [-0.1, -0.05) is 0 Å². The molecule has 1 aromatic heterocycles. The maximum atomic E-state index is 3.56. The van der Waals surface area contributed by atoms with E-state index in [-0.39, 0.29) is 0 Å². The van der Waals surface area contributed by atoms with Crippen LogP contribution in [-0.2, 0) is 0 Å². The number of nitrogens with zero attached hydrogens (tertiary/aromatic N) is 4. The number of aromatic nitrogens is 4. The monoisotopic (exact) mass is 111 g/mol. The standard InChI is InChI=1S/C3H5N5/c1-4-3-2-5-7-8-6-3/h2H,1H3,(H,4,6,7). The molecule has 1 N–H and O–H groups in total. The number of hydrogen-bond donors (Lipinski definition) is 1. The first-order chi connectivity index (χ1) is 3.93. The number of anilines is 1. The van der Waals surface area contributed by atoms with Crippen LogP contribution >= 0.6 is 0 Å². The highest BCUT2D eigenvalue weighted by Gasteiger charge is 1.83. The highest BCUT2D eigenvalue weighted by atomic mass is 15.4. The van der Waals surface area contributed by atoms with Crippen LogP contribution in [0, 0.1) is 0 Å². The summed E-state index contributed by atoms with van der Waals surface area (Å²) >= 11 is 0. The lowest BCUT2D eigenvalue weighted by Crippen LogP contribution is -1.96. The molecule has 0 spiro atoms. The van der Waals surface area contributed by atoms with Crippen LogP contribution in [0.5, 0.6) is 0 Å². The highest BCUT2D eigenvalue weighted by molar-refractivity contribution is 5.25. The third-order valence-corrected chi connectivity index (χ3v) is 0.680. The van der Waals surface area contributed by atoms with E-state index in [4.69, 9.17) is 0 Å².